The van der Waals surface area contributed by atoms with E-state index in [4.69, 9.17) is 11.6 Å². The van der Waals surface area contributed by atoms with Crippen LogP contribution in [-0.2, 0) is 6.54 Å². The van der Waals surface area contributed by atoms with Crippen molar-refractivity contribution in [3.8, 4) is 0 Å². The van der Waals surface area contributed by atoms with Gasteiger partial charge in [-0.1, -0.05) is 41.9 Å². The molecule has 8 heteroatoms. The van der Waals surface area contributed by atoms with Crippen molar-refractivity contribution in [2.75, 3.05) is 18.0 Å². The highest BCUT2D eigenvalue weighted by atomic mass is 35.5. The zero-order valence-corrected chi connectivity index (χ0v) is 17.5. The molecule has 1 aliphatic heterocycles. The van der Waals surface area contributed by atoms with Crippen LogP contribution in [0.4, 0.5) is 10.5 Å². The van der Waals surface area contributed by atoms with E-state index >= 15 is 0 Å². The maximum Gasteiger partial charge on any atom is 0.407 e. The monoisotopic (exact) mass is 431 g/mol. The van der Waals surface area contributed by atoms with Crippen molar-refractivity contribution in [2.24, 2.45) is 0 Å². The number of carbonyl (C=O) groups excluding carboxylic acids is 1. The van der Waals surface area contributed by atoms with Gasteiger partial charge in [-0.2, -0.15) is 0 Å². The van der Waals surface area contributed by atoms with Crippen LogP contribution in [0.1, 0.15) is 35.7 Å². The Morgan fingerprint density at radius 1 is 1.17 bits per heavy atom. The Kier molecular flexibility index (Phi) is 7.18. The summed E-state index contributed by atoms with van der Waals surface area (Å²) in [5, 5.41) is 22.8. The number of carboxylic acid groups (broad SMARTS) is 1. The minimum Gasteiger partial charge on any atom is -0.465 e. The van der Waals surface area contributed by atoms with Crippen LogP contribution in [-0.4, -0.2) is 52.5 Å². The summed E-state index contributed by atoms with van der Waals surface area (Å²) in [5.41, 5.74) is 1.98. The number of hydrogen-bond acceptors (Lipinski definition) is 4. The fourth-order valence-corrected chi connectivity index (χ4v) is 3.79. The number of nitrogens with zero attached hydrogens (tertiary/aromatic N) is 2. The SMILES string of the molecule is C[C@H](C(O)NC(=O)c1ccc(N2CCCC2)cc1Cl)N(Cc1ccccc1)C(=O)O. The Morgan fingerprint density at radius 2 is 1.83 bits per heavy atom. The number of aliphatic hydroxyl groups is 1. The van der Waals surface area contributed by atoms with Crippen LogP contribution in [0.3, 0.4) is 0 Å². The van der Waals surface area contributed by atoms with Gasteiger partial charge in [0.2, 0.25) is 0 Å². The third-order valence-electron chi connectivity index (χ3n) is 5.34. The van der Waals surface area contributed by atoms with E-state index in [1.165, 1.54) is 0 Å². The molecule has 0 spiro atoms. The number of rotatable bonds is 7. The maximum absolute atomic E-state index is 12.6. The first-order chi connectivity index (χ1) is 14.4. The lowest BCUT2D eigenvalue weighted by atomic mass is 10.1. The van der Waals surface area contributed by atoms with Crippen molar-refractivity contribution in [3.05, 3.63) is 64.7 Å². The third-order valence-corrected chi connectivity index (χ3v) is 5.65. The molecule has 3 N–H and O–H groups in total. The molecule has 0 saturated carbocycles. The smallest absolute Gasteiger partial charge is 0.407 e. The number of halogens is 1. The van der Waals surface area contributed by atoms with Gasteiger partial charge in [-0.15, -0.1) is 0 Å². The Hall–Kier alpha value is -2.77. The summed E-state index contributed by atoms with van der Waals surface area (Å²) in [5.74, 6) is -0.558. The van der Waals surface area contributed by atoms with Crippen LogP contribution in [0.25, 0.3) is 0 Å². The van der Waals surface area contributed by atoms with E-state index in [0.717, 1.165) is 42.1 Å². The summed E-state index contributed by atoms with van der Waals surface area (Å²) in [4.78, 5) is 27.6. The number of benzene rings is 2. The highest BCUT2D eigenvalue weighted by Gasteiger charge is 2.28. The van der Waals surface area contributed by atoms with Crippen molar-refractivity contribution in [1.82, 2.24) is 10.2 Å². The maximum atomic E-state index is 12.6. The van der Waals surface area contributed by atoms with Gasteiger partial charge in [0.25, 0.3) is 5.91 Å². The Bertz CT molecular complexity index is 887. The Balaban J connectivity index is 1.66. The molecule has 7 nitrogen and oxygen atoms in total. The molecule has 0 aromatic heterocycles. The molecule has 2 aromatic rings. The molecule has 0 aliphatic carbocycles. The molecule has 2 atom stereocenters. The van der Waals surface area contributed by atoms with E-state index in [9.17, 15) is 19.8 Å². The predicted molar refractivity (Wildman–Crippen MR) is 116 cm³/mol. The number of carbonyl (C=O) groups is 2. The number of aliphatic hydroxyl groups excluding tert-OH is 1. The molecule has 0 radical (unpaired) electrons. The van der Waals surface area contributed by atoms with Crippen molar-refractivity contribution in [1.29, 1.82) is 0 Å². The van der Waals surface area contributed by atoms with Crippen LogP contribution in [0.15, 0.2) is 48.5 Å². The van der Waals surface area contributed by atoms with Crippen LogP contribution in [0.2, 0.25) is 5.02 Å². The lowest BCUT2D eigenvalue weighted by Gasteiger charge is -2.30. The van der Waals surface area contributed by atoms with Gasteiger partial charge in [-0.05, 0) is 43.5 Å². The quantitative estimate of drug-likeness (QED) is 0.583. The molecule has 0 bridgehead atoms. The van der Waals surface area contributed by atoms with Crippen molar-refractivity contribution in [2.45, 2.75) is 38.6 Å². The van der Waals surface area contributed by atoms with E-state index in [0.29, 0.717) is 0 Å². The second-order valence-electron chi connectivity index (χ2n) is 7.41. The minimum absolute atomic E-state index is 0.0928. The Labute approximate surface area is 180 Å². The molecule has 2 amide bonds. The van der Waals surface area contributed by atoms with Crippen LogP contribution in [0.5, 0.6) is 0 Å². The fraction of sp³-hybridized carbons (Fsp3) is 0.364. The van der Waals surface area contributed by atoms with Gasteiger partial charge in [0.05, 0.1) is 16.6 Å². The zero-order valence-electron chi connectivity index (χ0n) is 16.8. The van der Waals surface area contributed by atoms with E-state index in [2.05, 4.69) is 10.2 Å². The fourth-order valence-electron chi connectivity index (χ4n) is 3.53. The van der Waals surface area contributed by atoms with Gasteiger partial charge in [0.1, 0.15) is 6.23 Å². The van der Waals surface area contributed by atoms with Crippen LogP contribution in [0, 0.1) is 0 Å². The van der Waals surface area contributed by atoms with Gasteiger partial charge < -0.3 is 20.4 Å². The number of amides is 2. The number of anilines is 1. The standard InChI is InChI=1S/C22H26ClN3O4/c1-15(26(22(29)30)14-16-7-3-2-4-8-16)20(27)24-21(28)18-10-9-17(13-19(18)23)25-11-5-6-12-25/h2-4,7-10,13,15,20,27H,5-6,11-12,14H2,1H3,(H,24,28)(H,29,30)/t15-,20?/m1/s1. The Morgan fingerprint density at radius 3 is 2.43 bits per heavy atom. The summed E-state index contributed by atoms with van der Waals surface area (Å²) in [6, 6.07) is 13.4. The van der Waals surface area contributed by atoms with Gasteiger partial charge in [0, 0.05) is 25.3 Å². The molecule has 1 saturated heterocycles. The summed E-state index contributed by atoms with van der Waals surface area (Å²) < 4.78 is 0. The van der Waals surface area contributed by atoms with Crippen LogP contribution < -0.4 is 10.2 Å². The molecule has 1 fully saturated rings. The van der Waals surface area contributed by atoms with Gasteiger partial charge in [-0.3, -0.25) is 9.69 Å². The average molecular weight is 432 g/mol. The molecular formula is C22H26ClN3O4. The van der Waals surface area contributed by atoms with E-state index in [1.54, 1.807) is 31.2 Å². The molecule has 1 aliphatic rings. The molecule has 30 heavy (non-hydrogen) atoms. The first-order valence-corrected chi connectivity index (χ1v) is 10.3. The third kappa shape index (κ3) is 5.23. The topological polar surface area (TPSA) is 93.1 Å². The normalized spacial score (nSPS) is 15.5. The molecule has 1 unspecified atom stereocenters. The second kappa shape index (κ2) is 9.82. The lowest BCUT2D eigenvalue weighted by Crippen LogP contribution is -2.51. The second-order valence-corrected chi connectivity index (χ2v) is 7.82. The summed E-state index contributed by atoms with van der Waals surface area (Å²) >= 11 is 6.31. The van der Waals surface area contributed by atoms with Gasteiger partial charge in [0.15, 0.2) is 0 Å². The number of hydrogen-bond donors (Lipinski definition) is 3. The minimum atomic E-state index is -1.40. The van der Waals surface area contributed by atoms with Crippen molar-refractivity contribution >= 4 is 29.3 Å². The van der Waals surface area contributed by atoms with E-state index in [-0.39, 0.29) is 17.1 Å². The van der Waals surface area contributed by atoms with E-state index < -0.39 is 24.3 Å². The molecule has 3 rings (SSSR count). The molecule has 1 heterocycles. The van der Waals surface area contributed by atoms with Crippen molar-refractivity contribution in [3.63, 3.8) is 0 Å². The van der Waals surface area contributed by atoms with Crippen molar-refractivity contribution < 1.29 is 19.8 Å². The van der Waals surface area contributed by atoms with Gasteiger partial charge >= 0.3 is 6.09 Å². The lowest BCUT2D eigenvalue weighted by molar-refractivity contribution is 0.0307. The molecular weight excluding hydrogens is 406 g/mol. The number of nitrogens with one attached hydrogen (secondary N) is 1. The molecule has 2 aromatic carbocycles. The van der Waals surface area contributed by atoms with Crippen LogP contribution >= 0.6 is 11.6 Å². The highest BCUT2D eigenvalue weighted by Crippen LogP contribution is 2.26. The summed E-state index contributed by atoms with van der Waals surface area (Å²) in [6.07, 6.45) is -0.320. The average Bonchev–Trinajstić information content (AvgIpc) is 3.26. The molecule has 160 valence electrons. The summed E-state index contributed by atoms with van der Waals surface area (Å²) in [7, 11) is 0. The highest BCUT2D eigenvalue weighted by molar-refractivity contribution is 6.34. The van der Waals surface area contributed by atoms with E-state index in [1.807, 2.05) is 24.3 Å². The first kappa shape index (κ1) is 21.9. The zero-order chi connectivity index (χ0) is 21.7. The first-order valence-electron chi connectivity index (χ1n) is 9.93. The van der Waals surface area contributed by atoms with Gasteiger partial charge in [-0.25, -0.2) is 4.79 Å². The predicted octanol–water partition coefficient (Wildman–Crippen LogP) is 3.56. The largest absolute Gasteiger partial charge is 0.465 e. The summed E-state index contributed by atoms with van der Waals surface area (Å²) in [6.45, 7) is 3.56.